The summed E-state index contributed by atoms with van der Waals surface area (Å²) in [6, 6.07) is 7.31. The molecule has 0 aliphatic carbocycles. The number of hydrogen-bond acceptors (Lipinski definition) is 3. The van der Waals surface area contributed by atoms with Crippen LogP contribution in [-0.2, 0) is 0 Å². The Morgan fingerprint density at radius 2 is 1.57 bits per heavy atom. The van der Waals surface area contributed by atoms with Gasteiger partial charge < -0.3 is 4.74 Å². The number of carbonyl (C=O) groups is 1. The minimum atomic E-state index is -0.130. The number of Topliss-reactive ketones (excluding diaryl/α,β-unsaturated/α-hetero) is 1. The molecule has 5 heteroatoms. The second kappa shape index (κ2) is 6.46. The van der Waals surface area contributed by atoms with E-state index in [0.29, 0.717) is 32.7 Å². The standard InChI is InChI=1S/C16H15Cl2NO2/c1-9-4-6-12(7-5-9)13(20)8-21-16-14(17)10(2)19-11(3)15(16)18/h4-7H,8H2,1-3H3. The lowest BCUT2D eigenvalue weighted by molar-refractivity contribution is 0.0921. The van der Waals surface area contributed by atoms with Gasteiger partial charge in [-0.3, -0.25) is 9.78 Å². The third kappa shape index (κ3) is 3.55. The van der Waals surface area contributed by atoms with E-state index >= 15 is 0 Å². The Morgan fingerprint density at radius 1 is 1.05 bits per heavy atom. The Kier molecular flexibility index (Phi) is 4.86. The average molecular weight is 324 g/mol. The molecule has 0 fully saturated rings. The number of ether oxygens (including phenoxy) is 1. The van der Waals surface area contributed by atoms with E-state index in [-0.39, 0.29) is 12.4 Å². The summed E-state index contributed by atoms with van der Waals surface area (Å²) in [5.41, 5.74) is 2.93. The first-order valence-electron chi connectivity index (χ1n) is 6.45. The average Bonchev–Trinajstić information content (AvgIpc) is 2.45. The molecule has 21 heavy (non-hydrogen) atoms. The van der Waals surface area contributed by atoms with E-state index in [9.17, 15) is 4.79 Å². The highest BCUT2D eigenvalue weighted by Gasteiger charge is 2.16. The summed E-state index contributed by atoms with van der Waals surface area (Å²) in [6.45, 7) is 5.37. The van der Waals surface area contributed by atoms with Gasteiger partial charge in [0.1, 0.15) is 10.0 Å². The van der Waals surface area contributed by atoms with E-state index in [0.717, 1.165) is 5.56 Å². The molecule has 110 valence electrons. The Labute approximate surface area is 133 Å². The molecule has 0 N–H and O–H groups in total. The van der Waals surface area contributed by atoms with Crippen LogP contribution in [0.15, 0.2) is 24.3 Å². The number of nitrogens with zero attached hydrogens (tertiary/aromatic N) is 1. The molecule has 0 amide bonds. The molecule has 0 saturated heterocycles. The molecule has 0 bridgehead atoms. The van der Waals surface area contributed by atoms with Crippen LogP contribution < -0.4 is 4.74 Å². The molecule has 3 nitrogen and oxygen atoms in total. The van der Waals surface area contributed by atoms with Crippen molar-refractivity contribution in [1.82, 2.24) is 4.98 Å². The fourth-order valence-electron chi connectivity index (χ4n) is 1.86. The van der Waals surface area contributed by atoms with E-state index < -0.39 is 0 Å². The minimum absolute atomic E-state index is 0.120. The topological polar surface area (TPSA) is 39.2 Å². The normalized spacial score (nSPS) is 10.5. The number of carbonyl (C=O) groups excluding carboxylic acids is 1. The zero-order valence-corrected chi connectivity index (χ0v) is 13.5. The van der Waals surface area contributed by atoms with Crippen LogP contribution in [0.3, 0.4) is 0 Å². The lowest BCUT2D eigenvalue weighted by atomic mass is 10.1. The molecule has 0 aliphatic heterocycles. The van der Waals surface area contributed by atoms with Crippen LogP contribution >= 0.6 is 23.2 Å². The van der Waals surface area contributed by atoms with Crippen LogP contribution in [0.1, 0.15) is 27.3 Å². The van der Waals surface area contributed by atoms with Gasteiger partial charge in [-0.2, -0.15) is 0 Å². The molecule has 0 radical (unpaired) electrons. The Balaban J connectivity index is 2.17. The maximum Gasteiger partial charge on any atom is 0.200 e. The number of pyridine rings is 1. The van der Waals surface area contributed by atoms with Gasteiger partial charge in [0.2, 0.25) is 0 Å². The molecule has 0 unspecified atom stereocenters. The Hall–Kier alpha value is -1.58. The van der Waals surface area contributed by atoms with E-state index in [1.165, 1.54) is 0 Å². The zero-order chi connectivity index (χ0) is 15.6. The lowest BCUT2D eigenvalue weighted by Gasteiger charge is -2.12. The van der Waals surface area contributed by atoms with Crippen molar-refractivity contribution in [3.63, 3.8) is 0 Å². The minimum Gasteiger partial charge on any atom is -0.482 e. The van der Waals surface area contributed by atoms with Gasteiger partial charge in [0.25, 0.3) is 0 Å². The molecule has 1 aromatic heterocycles. The van der Waals surface area contributed by atoms with E-state index in [4.69, 9.17) is 27.9 Å². The third-order valence-corrected chi connectivity index (χ3v) is 3.98. The fraction of sp³-hybridized carbons (Fsp3) is 0.250. The lowest BCUT2D eigenvalue weighted by Crippen LogP contribution is -2.12. The van der Waals surface area contributed by atoms with Gasteiger partial charge in [0.15, 0.2) is 18.1 Å². The van der Waals surface area contributed by atoms with Crippen molar-refractivity contribution >= 4 is 29.0 Å². The number of ketones is 1. The summed E-state index contributed by atoms with van der Waals surface area (Å²) in [5.74, 6) is 0.179. The second-order valence-electron chi connectivity index (χ2n) is 4.82. The van der Waals surface area contributed by atoms with Crippen LogP contribution in [-0.4, -0.2) is 17.4 Å². The molecule has 2 rings (SSSR count). The first-order chi connectivity index (χ1) is 9.90. The number of aryl methyl sites for hydroxylation is 3. The highest BCUT2D eigenvalue weighted by Crippen LogP contribution is 2.36. The molecule has 0 saturated carbocycles. The number of aromatic nitrogens is 1. The van der Waals surface area contributed by atoms with Crippen molar-refractivity contribution in [2.75, 3.05) is 6.61 Å². The number of halogens is 2. The maximum atomic E-state index is 12.1. The van der Waals surface area contributed by atoms with Crippen LogP contribution in [0.5, 0.6) is 5.75 Å². The van der Waals surface area contributed by atoms with E-state index in [1.807, 2.05) is 19.1 Å². The number of hydrogen-bond donors (Lipinski definition) is 0. The van der Waals surface area contributed by atoms with E-state index in [2.05, 4.69) is 4.98 Å². The number of rotatable bonds is 4. The Morgan fingerprint density at radius 3 is 2.10 bits per heavy atom. The van der Waals surface area contributed by atoms with Gasteiger partial charge in [0, 0.05) is 5.56 Å². The van der Waals surface area contributed by atoms with Crippen LogP contribution in [0, 0.1) is 20.8 Å². The first kappa shape index (κ1) is 15.8. The quantitative estimate of drug-likeness (QED) is 0.773. The van der Waals surface area contributed by atoms with Crippen LogP contribution in [0.2, 0.25) is 10.0 Å². The summed E-state index contributed by atoms with van der Waals surface area (Å²) in [4.78, 5) is 16.3. The van der Waals surface area contributed by atoms with Gasteiger partial charge in [-0.05, 0) is 20.8 Å². The van der Waals surface area contributed by atoms with Crippen molar-refractivity contribution in [1.29, 1.82) is 0 Å². The zero-order valence-electron chi connectivity index (χ0n) is 12.0. The first-order valence-corrected chi connectivity index (χ1v) is 7.20. The highest BCUT2D eigenvalue weighted by molar-refractivity contribution is 6.37. The van der Waals surface area contributed by atoms with Crippen molar-refractivity contribution in [3.05, 3.63) is 56.8 Å². The molecule has 0 atom stereocenters. The molecular weight excluding hydrogens is 309 g/mol. The number of benzene rings is 1. The SMILES string of the molecule is Cc1ccc(C(=O)COc2c(Cl)c(C)nc(C)c2Cl)cc1. The summed E-state index contributed by atoms with van der Waals surface area (Å²) in [5, 5.41) is 0.671. The van der Waals surface area contributed by atoms with Crippen molar-refractivity contribution < 1.29 is 9.53 Å². The second-order valence-corrected chi connectivity index (χ2v) is 5.57. The monoisotopic (exact) mass is 323 g/mol. The third-order valence-electron chi connectivity index (χ3n) is 3.09. The molecule has 0 aliphatic rings. The van der Waals surface area contributed by atoms with Crippen molar-refractivity contribution in [3.8, 4) is 5.75 Å². The predicted molar refractivity (Wildman–Crippen MR) is 84.7 cm³/mol. The van der Waals surface area contributed by atoms with Gasteiger partial charge >= 0.3 is 0 Å². The van der Waals surface area contributed by atoms with Crippen LogP contribution in [0.4, 0.5) is 0 Å². The van der Waals surface area contributed by atoms with Gasteiger partial charge in [-0.15, -0.1) is 0 Å². The molecule has 2 aromatic rings. The Bertz CT molecular complexity index is 655. The van der Waals surface area contributed by atoms with Gasteiger partial charge in [-0.25, -0.2) is 0 Å². The largest absolute Gasteiger partial charge is 0.482 e. The molecule has 1 heterocycles. The fourth-order valence-corrected chi connectivity index (χ4v) is 2.29. The maximum absolute atomic E-state index is 12.1. The summed E-state index contributed by atoms with van der Waals surface area (Å²) in [7, 11) is 0. The summed E-state index contributed by atoms with van der Waals surface area (Å²) < 4.78 is 5.52. The molecular formula is C16H15Cl2NO2. The van der Waals surface area contributed by atoms with Crippen LogP contribution in [0.25, 0.3) is 0 Å². The van der Waals surface area contributed by atoms with Crippen molar-refractivity contribution in [2.45, 2.75) is 20.8 Å². The predicted octanol–water partition coefficient (Wildman–Crippen LogP) is 4.58. The van der Waals surface area contributed by atoms with E-state index in [1.54, 1.807) is 26.0 Å². The smallest absolute Gasteiger partial charge is 0.200 e. The summed E-state index contributed by atoms with van der Waals surface area (Å²) in [6.07, 6.45) is 0. The van der Waals surface area contributed by atoms with Gasteiger partial charge in [0.05, 0.1) is 11.4 Å². The summed E-state index contributed by atoms with van der Waals surface area (Å²) >= 11 is 12.3. The van der Waals surface area contributed by atoms with Crippen molar-refractivity contribution in [2.24, 2.45) is 0 Å². The highest BCUT2D eigenvalue weighted by atomic mass is 35.5. The molecule has 1 aromatic carbocycles. The van der Waals surface area contributed by atoms with Gasteiger partial charge in [-0.1, -0.05) is 53.0 Å². The molecule has 0 spiro atoms.